The average molecular weight is 282 g/mol. The van der Waals surface area contributed by atoms with Crippen LogP contribution in [0.4, 0.5) is 0 Å². The highest BCUT2D eigenvalue weighted by Crippen LogP contribution is 2.34. The first-order valence-electron chi connectivity index (χ1n) is 8.58. The third-order valence-corrected chi connectivity index (χ3v) is 5.70. The predicted molar refractivity (Wildman–Crippen MR) is 84.8 cm³/mol. The number of hydrogen-bond acceptors (Lipinski definition) is 3. The molecule has 1 heterocycles. The van der Waals surface area contributed by atoms with Crippen LogP contribution >= 0.6 is 0 Å². The minimum Gasteiger partial charge on any atom is -0.374 e. The lowest BCUT2D eigenvalue weighted by molar-refractivity contribution is 0.0133. The van der Waals surface area contributed by atoms with Gasteiger partial charge in [-0.05, 0) is 50.9 Å². The van der Waals surface area contributed by atoms with Gasteiger partial charge in [0.15, 0.2) is 0 Å². The van der Waals surface area contributed by atoms with Crippen molar-refractivity contribution in [2.45, 2.75) is 76.9 Å². The van der Waals surface area contributed by atoms with Crippen LogP contribution in [-0.2, 0) is 4.74 Å². The molecule has 3 atom stereocenters. The average Bonchev–Trinajstić information content (AvgIpc) is 2.74. The molecule has 3 heteroatoms. The van der Waals surface area contributed by atoms with Crippen LogP contribution in [-0.4, -0.2) is 30.8 Å². The predicted octanol–water partition coefficient (Wildman–Crippen LogP) is 3.08. The van der Waals surface area contributed by atoms with Crippen molar-refractivity contribution < 1.29 is 4.74 Å². The van der Waals surface area contributed by atoms with Gasteiger partial charge in [0.1, 0.15) is 0 Å². The molecular weight excluding hydrogens is 248 g/mol. The lowest BCUT2D eigenvalue weighted by Crippen LogP contribution is -2.55. The normalized spacial score (nSPS) is 39.1. The largest absolute Gasteiger partial charge is 0.374 e. The van der Waals surface area contributed by atoms with Gasteiger partial charge in [-0.3, -0.25) is 0 Å². The zero-order valence-electron chi connectivity index (χ0n) is 13.7. The number of nitrogens with two attached hydrogens (primary N) is 1. The zero-order chi connectivity index (χ0) is 14.6. The Labute approximate surface area is 125 Å². The van der Waals surface area contributed by atoms with E-state index in [0.29, 0.717) is 0 Å². The molecule has 0 bridgehead atoms. The van der Waals surface area contributed by atoms with E-state index >= 15 is 0 Å². The highest BCUT2D eigenvalue weighted by Gasteiger charge is 2.36. The molecule has 2 aliphatic rings. The molecule has 0 aromatic rings. The third kappa shape index (κ3) is 3.96. The van der Waals surface area contributed by atoms with Gasteiger partial charge in [0, 0.05) is 25.2 Å². The Bertz CT molecular complexity index is 299. The minimum atomic E-state index is 0.0337. The summed E-state index contributed by atoms with van der Waals surface area (Å²) in [7, 11) is 0. The van der Waals surface area contributed by atoms with Gasteiger partial charge in [0.05, 0.1) is 5.60 Å². The van der Waals surface area contributed by atoms with Crippen molar-refractivity contribution in [2.24, 2.45) is 17.6 Å². The maximum atomic E-state index is 6.15. The summed E-state index contributed by atoms with van der Waals surface area (Å²) in [5, 5.41) is 3.82. The summed E-state index contributed by atoms with van der Waals surface area (Å²) < 4.78 is 5.91. The zero-order valence-corrected chi connectivity index (χ0v) is 13.7. The molecule has 20 heavy (non-hydrogen) atoms. The van der Waals surface area contributed by atoms with E-state index in [1.54, 1.807) is 0 Å². The molecule has 1 saturated carbocycles. The fourth-order valence-corrected chi connectivity index (χ4v) is 3.90. The van der Waals surface area contributed by atoms with Crippen LogP contribution in [0, 0.1) is 11.8 Å². The second kappa shape index (κ2) is 6.76. The van der Waals surface area contributed by atoms with Crippen LogP contribution < -0.4 is 11.1 Å². The molecule has 0 radical (unpaired) electrons. The summed E-state index contributed by atoms with van der Waals surface area (Å²) in [5.41, 5.74) is 6.34. The Balaban J connectivity index is 1.91. The van der Waals surface area contributed by atoms with Crippen molar-refractivity contribution in [1.29, 1.82) is 0 Å². The number of rotatable bonds is 5. The number of ether oxygens (including phenoxy) is 1. The Morgan fingerprint density at radius 2 is 2.00 bits per heavy atom. The monoisotopic (exact) mass is 282 g/mol. The van der Waals surface area contributed by atoms with E-state index < -0.39 is 0 Å². The summed E-state index contributed by atoms with van der Waals surface area (Å²) in [5.74, 6) is 1.68. The first-order valence-corrected chi connectivity index (χ1v) is 8.58. The molecule has 0 spiro atoms. The Morgan fingerprint density at radius 3 is 2.60 bits per heavy atom. The van der Waals surface area contributed by atoms with E-state index in [0.717, 1.165) is 31.5 Å². The molecule has 2 fully saturated rings. The summed E-state index contributed by atoms with van der Waals surface area (Å²) in [6.45, 7) is 9.60. The fourth-order valence-electron chi connectivity index (χ4n) is 3.90. The van der Waals surface area contributed by atoms with E-state index in [1.807, 2.05) is 0 Å². The highest BCUT2D eigenvalue weighted by atomic mass is 16.5. The molecule has 3 N–H and O–H groups in total. The van der Waals surface area contributed by atoms with E-state index in [9.17, 15) is 0 Å². The molecule has 2 rings (SSSR count). The molecule has 3 unspecified atom stereocenters. The number of nitrogens with one attached hydrogen (secondary N) is 1. The SMILES string of the molecule is CC(C)C1CCCC(CN)(NCC2(C)CCCO2)CC1. The summed E-state index contributed by atoms with van der Waals surface area (Å²) >= 11 is 0. The van der Waals surface area contributed by atoms with Crippen LogP contribution in [0.25, 0.3) is 0 Å². The van der Waals surface area contributed by atoms with Gasteiger partial charge < -0.3 is 15.8 Å². The summed E-state index contributed by atoms with van der Waals surface area (Å²) in [4.78, 5) is 0. The molecule has 0 aromatic heterocycles. The van der Waals surface area contributed by atoms with E-state index in [1.165, 1.54) is 44.9 Å². The second-order valence-corrected chi connectivity index (χ2v) is 7.67. The van der Waals surface area contributed by atoms with E-state index in [4.69, 9.17) is 10.5 Å². The second-order valence-electron chi connectivity index (χ2n) is 7.67. The lowest BCUT2D eigenvalue weighted by Gasteiger charge is -2.36. The van der Waals surface area contributed by atoms with Crippen LogP contribution in [0.5, 0.6) is 0 Å². The van der Waals surface area contributed by atoms with Gasteiger partial charge in [0.2, 0.25) is 0 Å². The van der Waals surface area contributed by atoms with Crippen LogP contribution in [0.15, 0.2) is 0 Å². The smallest absolute Gasteiger partial charge is 0.0779 e. The van der Waals surface area contributed by atoms with Gasteiger partial charge in [0.25, 0.3) is 0 Å². The quantitative estimate of drug-likeness (QED) is 0.762. The van der Waals surface area contributed by atoms with Crippen molar-refractivity contribution in [1.82, 2.24) is 5.32 Å². The Kier molecular flexibility index (Phi) is 5.49. The Hall–Kier alpha value is -0.120. The minimum absolute atomic E-state index is 0.0337. The van der Waals surface area contributed by atoms with Crippen LogP contribution in [0.2, 0.25) is 0 Å². The van der Waals surface area contributed by atoms with Crippen molar-refractivity contribution in [3.05, 3.63) is 0 Å². The molecule has 0 amide bonds. The summed E-state index contributed by atoms with van der Waals surface area (Å²) in [6.07, 6.45) is 8.82. The standard InChI is InChI=1S/C17H34N2O/c1-14(2)15-6-4-9-17(12-18,10-7-15)19-13-16(3)8-5-11-20-16/h14-15,19H,4-13,18H2,1-3H3. The van der Waals surface area contributed by atoms with Crippen molar-refractivity contribution >= 4 is 0 Å². The molecule has 3 nitrogen and oxygen atoms in total. The maximum absolute atomic E-state index is 6.15. The Morgan fingerprint density at radius 1 is 1.20 bits per heavy atom. The van der Waals surface area contributed by atoms with Crippen LogP contribution in [0.3, 0.4) is 0 Å². The van der Waals surface area contributed by atoms with Gasteiger partial charge in [-0.1, -0.05) is 26.7 Å². The highest BCUT2D eigenvalue weighted by molar-refractivity contribution is 4.95. The van der Waals surface area contributed by atoms with Gasteiger partial charge >= 0.3 is 0 Å². The first-order chi connectivity index (χ1) is 9.49. The topological polar surface area (TPSA) is 47.3 Å². The molecule has 1 aliphatic heterocycles. The van der Waals surface area contributed by atoms with Crippen molar-refractivity contribution in [3.63, 3.8) is 0 Å². The molecule has 0 aromatic carbocycles. The molecule has 1 aliphatic carbocycles. The number of hydrogen-bond donors (Lipinski definition) is 2. The van der Waals surface area contributed by atoms with Gasteiger partial charge in [-0.15, -0.1) is 0 Å². The van der Waals surface area contributed by atoms with Crippen molar-refractivity contribution in [3.8, 4) is 0 Å². The van der Waals surface area contributed by atoms with E-state index in [2.05, 4.69) is 26.1 Å². The van der Waals surface area contributed by atoms with Crippen LogP contribution in [0.1, 0.15) is 65.7 Å². The molecular formula is C17H34N2O. The first kappa shape index (κ1) is 16.3. The maximum Gasteiger partial charge on any atom is 0.0779 e. The third-order valence-electron chi connectivity index (χ3n) is 5.70. The molecule has 1 saturated heterocycles. The van der Waals surface area contributed by atoms with Gasteiger partial charge in [-0.2, -0.15) is 0 Å². The van der Waals surface area contributed by atoms with E-state index in [-0.39, 0.29) is 11.1 Å². The molecule has 118 valence electrons. The lowest BCUT2D eigenvalue weighted by atomic mass is 9.86. The summed E-state index contributed by atoms with van der Waals surface area (Å²) in [6, 6.07) is 0. The van der Waals surface area contributed by atoms with Crippen molar-refractivity contribution in [2.75, 3.05) is 19.7 Å². The van der Waals surface area contributed by atoms with Gasteiger partial charge in [-0.25, -0.2) is 0 Å². The fraction of sp³-hybridized carbons (Fsp3) is 1.00.